The van der Waals surface area contributed by atoms with E-state index in [4.69, 9.17) is 15.5 Å². The van der Waals surface area contributed by atoms with E-state index in [0.717, 1.165) is 25.7 Å². The molecule has 1 saturated carbocycles. The summed E-state index contributed by atoms with van der Waals surface area (Å²) >= 11 is 1.81. The number of nitrogens with zero attached hydrogens (tertiary/aromatic N) is 1. The third-order valence-corrected chi connectivity index (χ3v) is 5.85. The number of aromatic nitrogens is 1. The number of nitrogens with two attached hydrogens (primary N) is 1. The third kappa shape index (κ3) is 2.00. The predicted octanol–water partition coefficient (Wildman–Crippen LogP) is 3.29. The minimum atomic E-state index is -0.111. The van der Waals surface area contributed by atoms with Crippen LogP contribution in [-0.2, 0) is 16.8 Å². The van der Waals surface area contributed by atoms with Crippen LogP contribution in [0.15, 0.2) is 0 Å². The number of methoxy groups -OCH3 is 1. The van der Waals surface area contributed by atoms with Crippen molar-refractivity contribution in [1.82, 2.24) is 4.98 Å². The summed E-state index contributed by atoms with van der Waals surface area (Å²) in [6.07, 6.45) is 9.45. The Labute approximate surface area is 113 Å². The SMILES string of the molecule is COC1(c2nc3c(s2)C(N)CCC3)CCCCC1. The van der Waals surface area contributed by atoms with Crippen LogP contribution in [0, 0.1) is 0 Å². The summed E-state index contributed by atoms with van der Waals surface area (Å²) in [7, 11) is 1.84. The van der Waals surface area contributed by atoms with Crippen LogP contribution in [0.5, 0.6) is 0 Å². The smallest absolute Gasteiger partial charge is 0.125 e. The zero-order chi connectivity index (χ0) is 12.6. The molecule has 2 N–H and O–H groups in total. The monoisotopic (exact) mass is 266 g/mol. The van der Waals surface area contributed by atoms with E-state index in [9.17, 15) is 0 Å². The first-order valence-corrected chi connectivity index (χ1v) is 7.88. The van der Waals surface area contributed by atoms with Gasteiger partial charge in [0.2, 0.25) is 0 Å². The van der Waals surface area contributed by atoms with E-state index in [1.54, 1.807) is 0 Å². The minimum absolute atomic E-state index is 0.111. The fourth-order valence-electron chi connectivity index (χ4n) is 3.28. The van der Waals surface area contributed by atoms with E-state index in [2.05, 4.69) is 0 Å². The average molecular weight is 266 g/mol. The molecule has 0 radical (unpaired) electrons. The van der Waals surface area contributed by atoms with Gasteiger partial charge in [-0.15, -0.1) is 11.3 Å². The number of rotatable bonds is 2. The molecule has 100 valence electrons. The van der Waals surface area contributed by atoms with Gasteiger partial charge in [-0.05, 0) is 32.1 Å². The molecule has 3 nitrogen and oxygen atoms in total. The Morgan fingerprint density at radius 2 is 2.06 bits per heavy atom. The van der Waals surface area contributed by atoms with Crippen LogP contribution < -0.4 is 5.73 Å². The third-order valence-electron chi connectivity index (χ3n) is 4.43. The van der Waals surface area contributed by atoms with Crippen molar-refractivity contribution in [2.24, 2.45) is 5.73 Å². The van der Waals surface area contributed by atoms with Gasteiger partial charge >= 0.3 is 0 Å². The van der Waals surface area contributed by atoms with Crippen LogP contribution in [0.25, 0.3) is 0 Å². The molecule has 1 atom stereocenters. The lowest BCUT2D eigenvalue weighted by Gasteiger charge is -2.34. The first-order valence-electron chi connectivity index (χ1n) is 7.06. The molecule has 0 bridgehead atoms. The van der Waals surface area contributed by atoms with E-state index in [0.29, 0.717) is 0 Å². The molecule has 3 rings (SSSR count). The Balaban J connectivity index is 1.95. The highest BCUT2D eigenvalue weighted by atomic mass is 32.1. The first kappa shape index (κ1) is 12.6. The first-order chi connectivity index (χ1) is 8.75. The van der Waals surface area contributed by atoms with E-state index >= 15 is 0 Å². The van der Waals surface area contributed by atoms with Crippen LogP contribution in [0.4, 0.5) is 0 Å². The summed E-state index contributed by atoms with van der Waals surface area (Å²) in [5.74, 6) is 0. The quantitative estimate of drug-likeness (QED) is 0.893. The molecule has 1 fully saturated rings. The molecule has 1 aromatic heterocycles. The van der Waals surface area contributed by atoms with Gasteiger partial charge in [-0.2, -0.15) is 0 Å². The van der Waals surface area contributed by atoms with Crippen molar-refractivity contribution < 1.29 is 4.74 Å². The molecular formula is C14H22N2OS. The molecule has 18 heavy (non-hydrogen) atoms. The van der Waals surface area contributed by atoms with Crippen LogP contribution in [0.1, 0.15) is 66.6 Å². The maximum atomic E-state index is 6.20. The Morgan fingerprint density at radius 1 is 1.28 bits per heavy atom. The summed E-state index contributed by atoms with van der Waals surface area (Å²) in [6, 6.07) is 0.206. The van der Waals surface area contributed by atoms with Crippen LogP contribution >= 0.6 is 11.3 Å². The van der Waals surface area contributed by atoms with Crippen LogP contribution in [0.3, 0.4) is 0 Å². The largest absolute Gasteiger partial charge is 0.371 e. The molecule has 2 aliphatic rings. The van der Waals surface area contributed by atoms with E-state index in [-0.39, 0.29) is 11.6 Å². The highest BCUT2D eigenvalue weighted by Gasteiger charge is 2.38. The molecule has 0 saturated heterocycles. The lowest BCUT2D eigenvalue weighted by Crippen LogP contribution is -2.30. The topological polar surface area (TPSA) is 48.1 Å². The number of ether oxygens (including phenoxy) is 1. The van der Waals surface area contributed by atoms with E-state index < -0.39 is 0 Å². The number of aryl methyl sites for hydroxylation is 1. The van der Waals surface area contributed by atoms with E-state index in [1.807, 2.05) is 18.4 Å². The Bertz CT molecular complexity index is 423. The minimum Gasteiger partial charge on any atom is -0.371 e. The highest BCUT2D eigenvalue weighted by Crippen LogP contribution is 2.44. The van der Waals surface area contributed by atoms with Gasteiger partial charge in [-0.25, -0.2) is 4.98 Å². The average Bonchev–Trinajstić information content (AvgIpc) is 2.85. The van der Waals surface area contributed by atoms with Gasteiger partial charge in [0.05, 0.1) is 5.69 Å². The molecule has 1 aromatic rings. The predicted molar refractivity (Wildman–Crippen MR) is 73.8 cm³/mol. The van der Waals surface area contributed by atoms with Crippen molar-refractivity contribution in [3.8, 4) is 0 Å². The maximum absolute atomic E-state index is 6.20. The van der Waals surface area contributed by atoms with Gasteiger partial charge in [0.1, 0.15) is 10.6 Å². The highest BCUT2D eigenvalue weighted by molar-refractivity contribution is 7.12. The number of hydrogen-bond donors (Lipinski definition) is 1. The molecule has 0 amide bonds. The molecule has 2 aliphatic carbocycles. The standard InChI is InChI=1S/C14H22N2OS/c1-17-14(8-3-2-4-9-14)13-16-11-7-5-6-10(15)12(11)18-13/h10H,2-9,15H2,1H3. The van der Waals surface area contributed by atoms with Crippen LogP contribution in [-0.4, -0.2) is 12.1 Å². The molecule has 4 heteroatoms. The summed E-state index contributed by atoms with van der Waals surface area (Å²) < 4.78 is 5.88. The lowest BCUT2D eigenvalue weighted by atomic mass is 9.85. The molecule has 0 aliphatic heterocycles. The summed E-state index contributed by atoms with van der Waals surface area (Å²) in [4.78, 5) is 6.20. The number of fused-ring (bicyclic) bond motifs is 1. The van der Waals surface area contributed by atoms with Crippen LogP contribution in [0.2, 0.25) is 0 Å². The zero-order valence-electron chi connectivity index (χ0n) is 11.1. The molecular weight excluding hydrogens is 244 g/mol. The van der Waals surface area contributed by atoms with Crippen molar-refractivity contribution in [3.05, 3.63) is 15.6 Å². The summed E-state index contributed by atoms with van der Waals surface area (Å²) in [5.41, 5.74) is 7.34. The Morgan fingerprint density at radius 3 is 2.72 bits per heavy atom. The van der Waals surface area contributed by atoms with Gasteiger partial charge in [-0.1, -0.05) is 19.3 Å². The fraction of sp³-hybridized carbons (Fsp3) is 0.786. The molecule has 0 spiro atoms. The summed E-state index contributed by atoms with van der Waals surface area (Å²) in [5, 5.41) is 1.19. The Kier molecular flexibility index (Phi) is 3.43. The second-order valence-electron chi connectivity index (χ2n) is 5.59. The van der Waals surface area contributed by atoms with Crippen molar-refractivity contribution in [3.63, 3.8) is 0 Å². The van der Waals surface area contributed by atoms with Crippen molar-refractivity contribution in [2.45, 2.75) is 63.0 Å². The number of thiazole rings is 1. The lowest BCUT2D eigenvalue weighted by molar-refractivity contribution is -0.0447. The van der Waals surface area contributed by atoms with E-state index in [1.165, 1.54) is 41.3 Å². The van der Waals surface area contributed by atoms with Gasteiger partial charge < -0.3 is 10.5 Å². The summed E-state index contributed by atoms with van der Waals surface area (Å²) in [6.45, 7) is 0. The second-order valence-corrected chi connectivity index (χ2v) is 6.62. The molecule has 1 heterocycles. The second kappa shape index (κ2) is 4.91. The molecule has 0 aromatic carbocycles. The van der Waals surface area contributed by atoms with Gasteiger partial charge in [0.25, 0.3) is 0 Å². The normalized spacial score (nSPS) is 26.9. The number of hydrogen-bond acceptors (Lipinski definition) is 4. The maximum Gasteiger partial charge on any atom is 0.125 e. The van der Waals surface area contributed by atoms with Crippen molar-refractivity contribution in [2.75, 3.05) is 7.11 Å². The zero-order valence-corrected chi connectivity index (χ0v) is 11.9. The van der Waals surface area contributed by atoms with Gasteiger partial charge in [-0.3, -0.25) is 0 Å². The Hall–Kier alpha value is -0.450. The van der Waals surface area contributed by atoms with Gasteiger partial charge in [0, 0.05) is 18.0 Å². The van der Waals surface area contributed by atoms with Crippen molar-refractivity contribution >= 4 is 11.3 Å². The van der Waals surface area contributed by atoms with Gasteiger partial charge in [0.15, 0.2) is 0 Å². The fourth-order valence-corrected chi connectivity index (χ4v) is 4.65. The molecule has 1 unspecified atom stereocenters. The van der Waals surface area contributed by atoms with Crippen molar-refractivity contribution in [1.29, 1.82) is 0 Å².